The first kappa shape index (κ1) is 13.0. The van der Waals surface area contributed by atoms with Crippen LogP contribution < -0.4 is 14.8 Å². The molecule has 0 aliphatic carbocycles. The summed E-state index contributed by atoms with van der Waals surface area (Å²) >= 11 is 7.73. The molecule has 0 aliphatic rings. The number of halogens is 1. The van der Waals surface area contributed by atoms with Gasteiger partial charge in [0.1, 0.15) is 0 Å². The van der Waals surface area contributed by atoms with Gasteiger partial charge in [0.05, 0.1) is 14.2 Å². The van der Waals surface area contributed by atoms with E-state index in [-0.39, 0.29) is 0 Å². The SMILES string of the molecule is COc1cc(Cl)c(CNc2nccs2)cc1OC. The van der Waals surface area contributed by atoms with E-state index in [0.717, 1.165) is 10.7 Å². The van der Waals surface area contributed by atoms with Crippen molar-refractivity contribution in [2.75, 3.05) is 19.5 Å². The molecule has 0 fully saturated rings. The number of hydrogen-bond acceptors (Lipinski definition) is 5. The van der Waals surface area contributed by atoms with Gasteiger partial charge in [0.15, 0.2) is 16.6 Å². The molecule has 1 N–H and O–H groups in total. The Morgan fingerprint density at radius 1 is 1.28 bits per heavy atom. The minimum atomic E-state index is 0.590. The van der Waals surface area contributed by atoms with Crippen LogP contribution in [-0.2, 0) is 6.54 Å². The van der Waals surface area contributed by atoms with Crippen LogP contribution in [0.3, 0.4) is 0 Å². The first-order chi connectivity index (χ1) is 8.74. The second kappa shape index (κ2) is 5.93. The molecular weight excluding hydrogens is 272 g/mol. The first-order valence-electron chi connectivity index (χ1n) is 5.28. The monoisotopic (exact) mass is 284 g/mol. The van der Waals surface area contributed by atoms with E-state index in [1.54, 1.807) is 37.8 Å². The molecule has 4 nitrogen and oxygen atoms in total. The second-order valence-corrected chi connectivity index (χ2v) is 4.79. The predicted molar refractivity (Wildman–Crippen MR) is 74.0 cm³/mol. The number of nitrogens with one attached hydrogen (secondary N) is 1. The highest BCUT2D eigenvalue weighted by Crippen LogP contribution is 2.33. The molecule has 18 heavy (non-hydrogen) atoms. The normalized spacial score (nSPS) is 10.2. The average Bonchev–Trinajstić information content (AvgIpc) is 2.90. The van der Waals surface area contributed by atoms with Crippen LogP contribution in [0.1, 0.15) is 5.56 Å². The maximum absolute atomic E-state index is 6.18. The van der Waals surface area contributed by atoms with Gasteiger partial charge in [-0.3, -0.25) is 0 Å². The van der Waals surface area contributed by atoms with Crippen molar-refractivity contribution in [3.8, 4) is 11.5 Å². The summed E-state index contributed by atoms with van der Waals surface area (Å²) in [5, 5.41) is 6.61. The molecule has 0 unspecified atom stereocenters. The highest BCUT2D eigenvalue weighted by molar-refractivity contribution is 7.13. The van der Waals surface area contributed by atoms with E-state index in [2.05, 4.69) is 10.3 Å². The van der Waals surface area contributed by atoms with E-state index in [9.17, 15) is 0 Å². The summed E-state index contributed by atoms with van der Waals surface area (Å²) in [4.78, 5) is 4.15. The Hall–Kier alpha value is -1.46. The number of aromatic nitrogens is 1. The molecular formula is C12H13ClN2O2S. The maximum Gasteiger partial charge on any atom is 0.182 e. The van der Waals surface area contributed by atoms with Crippen LogP contribution in [0.5, 0.6) is 11.5 Å². The molecule has 0 spiro atoms. The lowest BCUT2D eigenvalue weighted by atomic mass is 10.2. The quantitative estimate of drug-likeness (QED) is 0.913. The van der Waals surface area contributed by atoms with E-state index in [1.807, 2.05) is 11.4 Å². The number of ether oxygens (including phenoxy) is 2. The van der Waals surface area contributed by atoms with Crippen LogP contribution in [-0.4, -0.2) is 19.2 Å². The summed E-state index contributed by atoms with van der Waals surface area (Å²) in [5.41, 5.74) is 0.935. The zero-order valence-corrected chi connectivity index (χ0v) is 11.6. The zero-order chi connectivity index (χ0) is 13.0. The molecule has 0 atom stereocenters. The molecule has 96 valence electrons. The van der Waals surface area contributed by atoms with Crippen LogP contribution in [0.25, 0.3) is 0 Å². The number of rotatable bonds is 5. The lowest BCUT2D eigenvalue weighted by molar-refractivity contribution is 0.354. The second-order valence-electron chi connectivity index (χ2n) is 3.49. The molecule has 6 heteroatoms. The molecule has 1 heterocycles. The van der Waals surface area contributed by atoms with Gasteiger partial charge in [0.25, 0.3) is 0 Å². The van der Waals surface area contributed by atoms with Gasteiger partial charge in [0.2, 0.25) is 0 Å². The average molecular weight is 285 g/mol. The fourth-order valence-corrected chi connectivity index (χ4v) is 2.26. The van der Waals surface area contributed by atoms with Gasteiger partial charge in [-0.25, -0.2) is 4.98 Å². The third-order valence-corrected chi connectivity index (χ3v) is 3.50. The lowest BCUT2D eigenvalue weighted by Gasteiger charge is -2.12. The Morgan fingerprint density at radius 3 is 2.61 bits per heavy atom. The Balaban J connectivity index is 2.17. The summed E-state index contributed by atoms with van der Waals surface area (Å²) in [6, 6.07) is 3.61. The van der Waals surface area contributed by atoms with Crippen molar-refractivity contribution in [3.63, 3.8) is 0 Å². The summed E-state index contributed by atoms with van der Waals surface area (Å²) in [6.07, 6.45) is 1.75. The van der Waals surface area contributed by atoms with Crippen LogP contribution in [0.2, 0.25) is 5.02 Å². The van der Waals surface area contributed by atoms with Crippen molar-refractivity contribution < 1.29 is 9.47 Å². The summed E-state index contributed by atoms with van der Waals surface area (Å²) in [5.74, 6) is 1.29. The van der Waals surface area contributed by atoms with E-state index < -0.39 is 0 Å². The van der Waals surface area contributed by atoms with Gasteiger partial charge in [0, 0.05) is 29.2 Å². The fourth-order valence-electron chi connectivity index (χ4n) is 1.51. The van der Waals surface area contributed by atoms with E-state index in [1.165, 1.54) is 0 Å². The minimum absolute atomic E-state index is 0.590. The number of nitrogens with zero attached hydrogens (tertiary/aromatic N) is 1. The Labute approximate surface area is 115 Å². The molecule has 1 aromatic carbocycles. The highest BCUT2D eigenvalue weighted by Gasteiger charge is 2.09. The topological polar surface area (TPSA) is 43.4 Å². The standard InChI is InChI=1S/C12H13ClN2O2S/c1-16-10-5-8(9(13)6-11(10)17-2)7-15-12-14-3-4-18-12/h3-6H,7H2,1-2H3,(H,14,15). The van der Waals surface area contributed by atoms with Crippen molar-refractivity contribution in [2.45, 2.75) is 6.54 Å². The van der Waals surface area contributed by atoms with Crippen molar-refractivity contribution in [3.05, 3.63) is 34.3 Å². The minimum Gasteiger partial charge on any atom is -0.493 e. The van der Waals surface area contributed by atoms with E-state index >= 15 is 0 Å². The molecule has 1 aromatic heterocycles. The van der Waals surface area contributed by atoms with E-state index in [4.69, 9.17) is 21.1 Å². The molecule has 0 radical (unpaired) electrons. The fraction of sp³-hybridized carbons (Fsp3) is 0.250. The molecule has 0 bridgehead atoms. The molecule has 0 saturated heterocycles. The van der Waals surface area contributed by atoms with Gasteiger partial charge in [-0.2, -0.15) is 0 Å². The third-order valence-electron chi connectivity index (χ3n) is 2.41. The number of benzene rings is 1. The zero-order valence-electron chi connectivity index (χ0n) is 10.1. The summed E-state index contributed by atoms with van der Waals surface area (Å²) < 4.78 is 10.4. The Bertz CT molecular complexity index is 517. The van der Waals surface area contributed by atoms with Gasteiger partial charge < -0.3 is 14.8 Å². The van der Waals surface area contributed by atoms with Crippen molar-refractivity contribution in [1.29, 1.82) is 0 Å². The maximum atomic E-state index is 6.18. The van der Waals surface area contributed by atoms with Crippen LogP contribution in [0, 0.1) is 0 Å². The Kier molecular flexibility index (Phi) is 4.28. The van der Waals surface area contributed by atoms with Crippen LogP contribution in [0.4, 0.5) is 5.13 Å². The third kappa shape index (κ3) is 2.86. The Morgan fingerprint density at radius 2 is 2.00 bits per heavy atom. The molecule has 0 amide bonds. The van der Waals surface area contributed by atoms with Gasteiger partial charge >= 0.3 is 0 Å². The van der Waals surface area contributed by atoms with E-state index in [0.29, 0.717) is 23.1 Å². The summed E-state index contributed by atoms with van der Waals surface area (Å²) in [6.45, 7) is 0.590. The van der Waals surface area contributed by atoms with Crippen LogP contribution in [0.15, 0.2) is 23.7 Å². The predicted octanol–water partition coefficient (Wildman–Crippen LogP) is 3.43. The largest absolute Gasteiger partial charge is 0.493 e. The van der Waals surface area contributed by atoms with Crippen molar-refractivity contribution in [1.82, 2.24) is 4.98 Å². The smallest absolute Gasteiger partial charge is 0.182 e. The first-order valence-corrected chi connectivity index (χ1v) is 6.54. The molecule has 2 rings (SSSR count). The van der Waals surface area contributed by atoms with Crippen LogP contribution >= 0.6 is 22.9 Å². The number of anilines is 1. The van der Waals surface area contributed by atoms with Gasteiger partial charge in [-0.15, -0.1) is 11.3 Å². The highest BCUT2D eigenvalue weighted by atomic mass is 35.5. The van der Waals surface area contributed by atoms with Crippen molar-refractivity contribution in [2.24, 2.45) is 0 Å². The molecule has 0 aliphatic heterocycles. The molecule has 0 saturated carbocycles. The number of methoxy groups -OCH3 is 2. The summed E-state index contributed by atoms with van der Waals surface area (Å²) in [7, 11) is 3.19. The lowest BCUT2D eigenvalue weighted by Crippen LogP contribution is -2.01. The van der Waals surface area contributed by atoms with Crippen molar-refractivity contribution >= 4 is 28.1 Å². The number of thiazole rings is 1. The molecule has 2 aromatic rings. The van der Waals surface area contributed by atoms with Gasteiger partial charge in [-0.1, -0.05) is 11.6 Å². The number of hydrogen-bond donors (Lipinski definition) is 1. The van der Waals surface area contributed by atoms with Gasteiger partial charge in [-0.05, 0) is 11.6 Å².